The average Bonchev–Trinajstić information content (AvgIpc) is 2.93. The van der Waals surface area contributed by atoms with Crippen molar-refractivity contribution in [3.8, 4) is 11.5 Å². The molecule has 0 atom stereocenters. The van der Waals surface area contributed by atoms with Crippen LogP contribution in [0.4, 0.5) is 5.82 Å². The van der Waals surface area contributed by atoms with Crippen LogP contribution in [-0.2, 0) is 6.42 Å². The topological polar surface area (TPSA) is 108 Å². The highest BCUT2D eigenvalue weighted by atomic mass is 16.5. The summed E-state index contributed by atoms with van der Waals surface area (Å²) in [5, 5.41) is 6.35. The molecule has 0 saturated carbocycles. The number of ether oxygens (including phenoxy) is 2. The van der Waals surface area contributed by atoms with Crippen LogP contribution in [0.5, 0.6) is 11.5 Å². The monoisotopic (exact) mass is 490 g/mol. The number of carbonyl (C=O) groups is 2. The van der Waals surface area contributed by atoms with Gasteiger partial charge in [0.05, 0.1) is 19.9 Å². The number of aromatic nitrogens is 1. The number of hydrogen-bond donors (Lipinski definition) is 2. The Morgan fingerprint density at radius 3 is 2.61 bits per heavy atom. The second-order valence-electron chi connectivity index (χ2n) is 8.79. The number of pyridine rings is 1. The highest BCUT2D eigenvalue weighted by Gasteiger charge is 2.29. The Kier molecular flexibility index (Phi) is 6.86. The van der Waals surface area contributed by atoms with Crippen molar-refractivity contribution in [3.05, 3.63) is 58.5 Å². The maximum Gasteiger partial charge on any atom is 0.274 e. The van der Waals surface area contributed by atoms with Crippen LogP contribution in [0.15, 0.2) is 46.7 Å². The van der Waals surface area contributed by atoms with Crippen molar-refractivity contribution in [2.45, 2.75) is 12.8 Å². The zero-order chi connectivity index (χ0) is 25.1. The number of piperazine rings is 1. The highest BCUT2D eigenvalue weighted by Crippen LogP contribution is 2.34. The molecule has 36 heavy (non-hydrogen) atoms. The fourth-order valence-corrected chi connectivity index (χ4v) is 4.81. The highest BCUT2D eigenvalue weighted by molar-refractivity contribution is 6.08. The van der Waals surface area contributed by atoms with E-state index in [1.165, 1.54) is 0 Å². The molecule has 1 aromatic carbocycles. The van der Waals surface area contributed by atoms with Gasteiger partial charge >= 0.3 is 0 Å². The maximum absolute atomic E-state index is 13.4. The number of carbonyl (C=O) groups excluding carboxylic acids is 2. The predicted molar refractivity (Wildman–Crippen MR) is 136 cm³/mol. The first kappa shape index (κ1) is 23.8. The lowest BCUT2D eigenvalue weighted by molar-refractivity contribution is 0.0954. The summed E-state index contributed by atoms with van der Waals surface area (Å²) in [7, 11) is 3.11. The number of dihydropyridines is 1. The number of hydrogen-bond acceptors (Lipinski definition) is 8. The van der Waals surface area contributed by atoms with Crippen molar-refractivity contribution < 1.29 is 19.1 Å². The van der Waals surface area contributed by atoms with E-state index in [0.717, 1.165) is 43.9 Å². The standard InChI is InChI=1S/C26H30N6O4/c1-35-22-14-17-7-11-32(26(34)18(17)15-23(22)36-2)24-5-3-4-19(29-24)25(33)30-20-16-28-8-6-21(20)31-12-9-27-10-13-31/h3-5,14-16,27H,6-13H2,1-2H3,(H,30,33). The minimum Gasteiger partial charge on any atom is -0.493 e. The van der Waals surface area contributed by atoms with E-state index >= 15 is 0 Å². The van der Waals surface area contributed by atoms with E-state index in [1.807, 2.05) is 6.07 Å². The molecule has 3 aliphatic rings. The second kappa shape index (κ2) is 10.4. The van der Waals surface area contributed by atoms with Gasteiger partial charge in [-0.25, -0.2) is 4.98 Å². The van der Waals surface area contributed by atoms with Crippen LogP contribution < -0.4 is 25.0 Å². The molecule has 0 aliphatic carbocycles. The van der Waals surface area contributed by atoms with Gasteiger partial charge in [-0.2, -0.15) is 0 Å². The van der Waals surface area contributed by atoms with Crippen molar-refractivity contribution in [1.82, 2.24) is 20.5 Å². The number of benzene rings is 1. The number of rotatable bonds is 6. The van der Waals surface area contributed by atoms with E-state index in [4.69, 9.17) is 9.47 Å². The largest absolute Gasteiger partial charge is 0.493 e. The molecule has 3 aliphatic heterocycles. The number of amides is 2. The van der Waals surface area contributed by atoms with Crippen molar-refractivity contribution in [2.24, 2.45) is 4.99 Å². The van der Waals surface area contributed by atoms with Crippen LogP contribution in [0.1, 0.15) is 32.8 Å². The SMILES string of the molecule is COc1cc2c(cc1OC)C(=O)N(c1cccc(C(=O)NC3=C(N4CCNCC4)CCN=C3)n1)CC2. The van der Waals surface area contributed by atoms with Gasteiger partial charge in [-0.05, 0) is 36.2 Å². The van der Waals surface area contributed by atoms with E-state index in [1.54, 1.807) is 49.6 Å². The Bertz CT molecular complexity index is 1230. The van der Waals surface area contributed by atoms with Crippen LogP contribution in [0.25, 0.3) is 0 Å². The van der Waals surface area contributed by atoms with Crippen molar-refractivity contribution in [2.75, 3.05) is 58.4 Å². The molecule has 2 aromatic rings. The molecule has 1 saturated heterocycles. The Morgan fingerprint density at radius 2 is 1.83 bits per heavy atom. The normalized spacial score (nSPS) is 17.7. The molecule has 0 unspecified atom stereocenters. The summed E-state index contributed by atoms with van der Waals surface area (Å²) in [6.07, 6.45) is 3.15. The number of nitrogens with zero attached hydrogens (tertiary/aromatic N) is 4. The molecule has 10 heteroatoms. The van der Waals surface area contributed by atoms with Crippen LogP contribution in [0.2, 0.25) is 0 Å². The van der Waals surface area contributed by atoms with Crippen molar-refractivity contribution >= 4 is 23.8 Å². The van der Waals surface area contributed by atoms with Gasteiger partial charge in [0.1, 0.15) is 11.5 Å². The second-order valence-corrected chi connectivity index (χ2v) is 8.79. The summed E-state index contributed by atoms with van der Waals surface area (Å²) in [6, 6.07) is 8.69. The van der Waals surface area contributed by atoms with Crippen LogP contribution in [0, 0.1) is 0 Å². The number of fused-ring (bicyclic) bond motifs is 1. The number of nitrogens with one attached hydrogen (secondary N) is 2. The van der Waals surface area contributed by atoms with Gasteiger partial charge in [-0.1, -0.05) is 6.07 Å². The lowest BCUT2D eigenvalue weighted by atomic mass is 9.98. The van der Waals surface area contributed by atoms with Gasteiger partial charge in [0, 0.05) is 63.2 Å². The van der Waals surface area contributed by atoms with E-state index in [0.29, 0.717) is 48.1 Å². The molecule has 0 bridgehead atoms. The Labute approximate surface area is 210 Å². The summed E-state index contributed by atoms with van der Waals surface area (Å²) in [5.41, 5.74) is 3.49. The quantitative estimate of drug-likeness (QED) is 0.634. The molecule has 10 nitrogen and oxygen atoms in total. The lowest BCUT2D eigenvalue weighted by Gasteiger charge is -2.33. The molecular formula is C26H30N6O4. The summed E-state index contributed by atoms with van der Waals surface area (Å²) < 4.78 is 10.8. The molecular weight excluding hydrogens is 460 g/mol. The number of methoxy groups -OCH3 is 2. The van der Waals surface area contributed by atoms with Crippen molar-refractivity contribution in [1.29, 1.82) is 0 Å². The number of aliphatic imine (C=N–C) groups is 1. The number of anilines is 1. The third-order valence-electron chi connectivity index (χ3n) is 6.69. The Balaban J connectivity index is 1.37. The minimum atomic E-state index is -0.330. The van der Waals surface area contributed by atoms with Crippen molar-refractivity contribution in [3.63, 3.8) is 0 Å². The van der Waals surface area contributed by atoms with Gasteiger partial charge in [0.25, 0.3) is 11.8 Å². The van der Waals surface area contributed by atoms with Gasteiger partial charge < -0.3 is 25.0 Å². The molecule has 1 aromatic heterocycles. The van der Waals surface area contributed by atoms with E-state index in [9.17, 15) is 9.59 Å². The first-order valence-corrected chi connectivity index (χ1v) is 12.1. The molecule has 188 valence electrons. The van der Waals surface area contributed by atoms with Gasteiger partial charge in [-0.3, -0.25) is 19.5 Å². The minimum absolute atomic E-state index is 0.189. The lowest BCUT2D eigenvalue weighted by Crippen LogP contribution is -2.44. The predicted octanol–water partition coefficient (Wildman–Crippen LogP) is 1.62. The zero-order valence-electron chi connectivity index (χ0n) is 20.5. The fourth-order valence-electron chi connectivity index (χ4n) is 4.81. The Morgan fingerprint density at radius 1 is 1.06 bits per heavy atom. The molecule has 0 spiro atoms. The van der Waals surface area contributed by atoms with E-state index in [-0.39, 0.29) is 17.5 Å². The van der Waals surface area contributed by atoms with Crippen LogP contribution in [-0.4, -0.2) is 81.4 Å². The van der Waals surface area contributed by atoms with E-state index < -0.39 is 0 Å². The van der Waals surface area contributed by atoms with Gasteiger partial charge in [-0.15, -0.1) is 0 Å². The van der Waals surface area contributed by atoms with Crippen LogP contribution in [0.3, 0.4) is 0 Å². The third kappa shape index (κ3) is 4.64. The molecule has 5 rings (SSSR count). The van der Waals surface area contributed by atoms with Gasteiger partial charge in [0.2, 0.25) is 0 Å². The molecule has 4 heterocycles. The van der Waals surface area contributed by atoms with Crippen LogP contribution >= 0.6 is 0 Å². The smallest absolute Gasteiger partial charge is 0.274 e. The first-order valence-electron chi connectivity index (χ1n) is 12.1. The zero-order valence-corrected chi connectivity index (χ0v) is 20.5. The molecule has 0 radical (unpaired) electrons. The summed E-state index contributed by atoms with van der Waals surface area (Å²) in [4.78, 5) is 39.3. The molecule has 1 fully saturated rings. The summed E-state index contributed by atoms with van der Waals surface area (Å²) >= 11 is 0. The third-order valence-corrected chi connectivity index (χ3v) is 6.69. The molecule has 2 N–H and O–H groups in total. The van der Waals surface area contributed by atoms with Gasteiger partial charge in [0.15, 0.2) is 11.5 Å². The van der Waals surface area contributed by atoms with E-state index in [2.05, 4.69) is 25.5 Å². The fraction of sp³-hybridized carbons (Fsp3) is 0.385. The number of allylic oxidation sites excluding steroid dienone is 1. The maximum atomic E-state index is 13.4. The average molecular weight is 491 g/mol. The summed E-state index contributed by atoms with van der Waals surface area (Å²) in [6.45, 7) is 4.77. The first-order chi connectivity index (χ1) is 17.6. The summed E-state index contributed by atoms with van der Waals surface area (Å²) in [5.74, 6) is 1.00. The molecule has 2 amide bonds. The Hall–Kier alpha value is -3.92.